The molecule has 0 spiro atoms. The molecule has 0 saturated heterocycles. The highest BCUT2D eigenvalue weighted by molar-refractivity contribution is 6.07. The maximum atomic E-state index is 12.0. The summed E-state index contributed by atoms with van der Waals surface area (Å²) in [5.74, 6) is 0.694. The Hall–Kier alpha value is -3.62. The summed E-state index contributed by atoms with van der Waals surface area (Å²) in [6.45, 7) is 3.69. The Balaban J connectivity index is 1.73. The second-order valence-electron chi connectivity index (χ2n) is 6.06. The molecule has 2 aromatic rings. The molecule has 9 heteroatoms. The molecule has 1 heterocycles. The van der Waals surface area contributed by atoms with Crippen molar-refractivity contribution in [2.75, 3.05) is 30.4 Å². The highest BCUT2D eigenvalue weighted by Gasteiger charge is 2.22. The first-order chi connectivity index (χ1) is 13.5. The van der Waals surface area contributed by atoms with Gasteiger partial charge in [0.15, 0.2) is 0 Å². The van der Waals surface area contributed by atoms with E-state index in [1.807, 2.05) is 18.2 Å². The number of oxime groups is 1. The van der Waals surface area contributed by atoms with Gasteiger partial charge in [0.2, 0.25) is 0 Å². The third-order valence-corrected chi connectivity index (χ3v) is 4.42. The molecule has 9 nitrogen and oxygen atoms in total. The average Bonchev–Trinajstić information content (AvgIpc) is 2.71. The quantitative estimate of drug-likeness (QED) is 0.478. The predicted octanol–water partition coefficient (Wildman–Crippen LogP) is 3.79. The van der Waals surface area contributed by atoms with Crippen molar-refractivity contribution < 1.29 is 19.3 Å². The van der Waals surface area contributed by atoms with Gasteiger partial charge in [-0.1, -0.05) is 5.16 Å². The van der Waals surface area contributed by atoms with Gasteiger partial charge >= 0.3 is 6.09 Å². The minimum atomic E-state index is -0.774. The molecule has 146 valence electrons. The number of carbonyl (C=O) groups excluding carboxylic acids is 1. The number of hydrogen-bond donors (Lipinski definition) is 1. The third kappa shape index (κ3) is 4.20. The number of nitro groups is 1. The molecule has 1 N–H and O–H groups in total. The molecule has 3 rings (SSSR count). The van der Waals surface area contributed by atoms with Gasteiger partial charge in [-0.15, -0.1) is 0 Å². The van der Waals surface area contributed by atoms with E-state index >= 15 is 0 Å². The SMILES string of the molecule is CCN1CC/C(=N\OC(=O)Nc2ccc([N+](=O)[O-])cc2)c2cc(OC)ccc21. The first-order valence-corrected chi connectivity index (χ1v) is 8.74. The summed E-state index contributed by atoms with van der Waals surface area (Å²) in [5.41, 5.74) is 2.83. The van der Waals surface area contributed by atoms with Gasteiger partial charge in [0, 0.05) is 48.6 Å². The fraction of sp³-hybridized carbons (Fsp3) is 0.263. The van der Waals surface area contributed by atoms with Crippen LogP contribution in [0.25, 0.3) is 0 Å². The second-order valence-corrected chi connectivity index (χ2v) is 6.06. The molecular weight excluding hydrogens is 364 g/mol. The van der Waals surface area contributed by atoms with E-state index in [2.05, 4.69) is 22.3 Å². The molecule has 0 bridgehead atoms. The molecule has 1 aliphatic heterocycles. The van der Waals surface area contributed by atoms with Crippen LogP contribution in [0.5, 0.6) is 5.75 Å². The topological polar surface area (TPSA) is 106 Å². The number of anilines is 2. The lowest BCUT2D eigenvalue weighted by molar-refractivity contribution is -0.384. The Morgan fingerprint density at radius 3 is 2.68 bits per heavy atom. The van der Waals surface area contributed by atoms with Gasteiger partial charge in [-0.2, -0.15) is 0 Å². The number of nitro benzene ring substituents is 1. The summed E-state index contributed by atoms with van der Waals surface area (Å²) in [7, 11) is 1.59. The predicted molar refractivity (Wildman–Crippen MR) is 105 cm³/mol. The van der Waals surface area contributed by atoms with Crippen LogP contribution in [0.3, 0.4) is 0 Å². The summed E-state index contributed by atoms with van der Waals surface area (Å²) in [4.78, 5) is 29.4. The van der Waals surface area contributed by atoms with Crippen LogP contribution in [0.15, 0.2) is 47.6 Å². The van der Waals surface area contributed by atoms with Crippen molar-refractivity contribution in [1.82, 2.24) is 0 Å². The van der Waals surface area contributed by atoms with Crippen LogP contribution in [0.4, 0.5) is 21.9 Å². The number of nitrogens with one attached hydrogen (secondary N) is 1. The van der Waals surface area contributed by atoms with E-state index in [0.717, 1.165) is 24.3 Å². The number of methoxy groups -OCH3 is 1. The Morgan fingerprint density at radius 1 is 1.29 bits per heavy atom. The van der Waals surface area contributed by atoms with E-state index < -0.39 is 11.0 Å². The Morgan fingerprint density at radius 2 is 2.04 bits per heavy atom. The fourth-order valence-electron chi connectivity index (χ4n) is 2.97. The molecule has 0 aliphatic carbocycles. The number of fused-ring (bicyclic) bond motifs is 1. The molecule has 1 amide bonds. The van der Waals surface area contributed by atoms with Crippen LogP contribution in [-0.4, -0.2) is 36.9 Å². The molecule has 0 unspecified atom stereocenters. The van der Waals surface area contributed by atoms with Crippen LogP contribution in [0, 0.1) is 10.1 Å². The molecule has 0 atom stereocenters. The number of non-ortho nitro benzene ring substituents is 1. The Bertz CT molecular complexity index is 911. The monoisotopic (exact) mass is 384 g/mol. The summed E-state index contributed by atoms with van der Waals surface area (Å²) in [6, 6.07) is 11.2. The number of nitrogens with zero attached hydrogens (tertiary/aromatic N) is 3. The lowest BCUT2D eigenvalue weighted by atomic mass is 9.99. The van der Waals surface area contributed by atoms with E-state index in [-0.39, 0.29) is 5.69 Å². The van der Waals surface area contributed by atoms with Crippen LogP contribution in [0.1, 0.15) is 18.9 Å². The number of ether oxygens (including phenoxy) is 1. The first kappa shape index (κ1) is 19.2. The number of benzene rings is 2. The lowest BCUT2D eigenvalue weighted by Crippen LogP contribution is -2.32. The van der Waals surface area contributed by atoms with Crippen LogP contribution in [-0.2, 0) is 4.84 Å². The van der Waals surface area contributed by atoms with Crippen molar-refractivity contribution >= 4 is 28.9 Å². The number of carbonyl (C=O) groups is 1. The summed E-state index contributed by atoms with van der Waals surface area (Å²) < 4.78 is 5.29. The zero-order chi connectivity index (χ0) is 20.1. The third-order valence-electron chi connectivity index (χ3n) is 4.42. The van der Waals surface area contributed by atoms with Gasteiger partial charge in [0.25, 0.3) is 5.69 Å². The van der Waals surface area contributed by atoms with Gasteiger partial charge in [-0.05, 0) is 37.3 Å². The second kappa shape index (κ2) is 8.38. The molecule has 0 fully saturated rings. The molecule has 0 saturated carbocycles. The Kier molecular flexibility index (Phi) is 5.73. The number of amides is 1. The minimum absolute atomic E-state index is 0.0626. The highest BCUT2D eigenvalue weighted by atomic mass is 16.7. The van der Waals surface area contributed by atoms with Gasteiger partial charge < -0.3 is 9.64 Å². The van der Waals surface area contributed by atoms with E-state index in [0.29, 0.717) is 23.6 Å². The summed E-state index contributed by atoms with van der Waals surface area (Å²) in [6.07, 6.45) is -0.151. The molecule has 1 aliphatic rings. The molecule has 2 aromatic carbocycles. The van der Waals surface area contributed by atoms with Gasteiger partial charge in [0.05, 0.1) is 17.7 Å². The molecule has 0 aromatic heterocycles. The standard InChI is InChI=1S/C19H20N4O5/c1-3-22-11-10-17(16-12-15(27-2)8-9-18(16)22)21-28-19(24)20-13-4-6-14(7-5-13)23(25)26/h4-9,12H,3,10-11H2,1-2H3,(H,20,24)/b21-17+. The zero-order valence-electron chi connectivity index (χ0n) is 15.5. The minimum Gasteiger partial charge on any atom is -0.497 e. The van der Waals surface area contributed by atoms with E-state index in [1.54, 1.807) is 7.11 Å². The lowest BCUT2D eigenvalue weighted by Gasteiger charge is -2.30. The van der Waals surface area contributed by atoms with E-state index in [1.165, 1.54) is 24.3 Å². The fourth-order valence-corrected chi connectivity index (χ4v) is 2.97. The maximum absolute atomic E-state index is 12.0. The molecule has 28 heavy (non-hydrogen) atoms. The van der Waals surface area contributed by atoms with E-state index in [4.69, 9.17) is 9.57 Å². The maximum Gasteiger partial charge on any atom is 0.437 e. The van der Waals surface area contributed by atoms with Gasteiger partial charge in [-0.25, -0.2) is 4.79 Å². The largest absolute Gasteiger partial charge is 0.497 e. The van der Waals surface area contributed by atoms with Crippen molar-refractivity contribution in [3.8, 4) is 5.75 Å². The molecular formula is C19H20N4O5. The number of rotatable bonds is 5. The highest BCUT2D eigenvalue weighted by Crippen LogP contribution is 2.30. The van der Waals surface area contributed by atoms with Crippen molar-refractivity contribution in [2.24, 2.45) is 5.16 Å². The van der Waals surface area contributed by atoms with E-state index in [9.17, 15) is 14.9 Å². The van der Waals surface area contributed by atoms with Crippen LogP contribution >= 0.6 is 0 Å². The summed E-state index contributed by atoms with van der Waals surface area (Å²) in [5, 5.41) is 17.2. The smallest absolute Gasteiger partial charge is 0.437 e. The van der Waals surface area contributed by atoms with Crippen LogP contribution in [0.2, 0.25) is 0 Å². The first-order valence-electron chi connectivity index (χ1n) is 8.74. The Labute approximate surface area is 161 Å². The number of hydrogen-bond acceptors (Lipinski definition) is 7. The van der Waals surface area contributed by atoms with Crippen molar-refractivity contribution in [3.05, 3.63) is 58.1 Å². The zero-order valence-corrected chi connectivity index (χ0v) is 15.5. The van der Waals surface area contributed by atoms with Gasteiger partial charge in [-0.3, -0.25) is 20.3 Å². The average molecular weight is 384 g/mol. The van der Waals surface area contributed by atoms with Crippen molar-refractivity contribution in [3.63, 3.8) is 0 Å². The van der Waals surface area contributed by atoms with Crippen molar-refractivity contribution in [2.45, 2.75) is 13.3 Å². The molecule has 0 radical (unpaired) electrons. The van der Waals surface area contributed by atoms with Gasteiger partial charge in [0.1, 0.15) is 5.75 Å². The normalized spacial score (nSPS) is 14.4. The van der Waals surface area contributed by atoms with Crippen molar-refractivity contribution in [1.29, 1.82) is 0 Å². The van der Waals surface area contributed by atoms with Crippen LogP contribution < -0.4 is 15.0 Å². The summed E-state index contributed by atoms with van der Waals surface area (Å²) >= 11 is 0.